The molecule has 3 N–H and O–H groups in total. The highest BCUT2D eigenvalue weighted by molar-refractivity contribution is 7.92. The van der Waals surface area contributed by atoms with E-state index in [1.807, 2.05) is 35.2 Å². The van der Waals surface area contributed by atoms with Crippen LogP contribution in [0.1, 0.15) is 49.1 Å². The molecule has 2 heterocycles. The Hall–Kier alpha value is -2.62. The summed E-state index contributed by atoms with van der Waals surface area (Å²) in [6, 6.07) is 14.1. The zero-order chi connectivity index (χ0) is 27.1. The third kappa shape index (κ3) is 8.19. The van der Waals surface area contributed by atoms with E-state index in [1.54, 1.807) is 18.2 Å². The number of sulfonamides is 1. The Morgan fingerprint density at radius 3 is 2.34 bits per heavy atom. The molecule has 0 saturated carbocycles. The minimum atomic E-state index is -3.40. The summed E-state index contributed by atoms with van der Waals surface area (Å²) in [5.74, 6) is 0.298. The molecule has 0 aliphatic carbocycles. The average Bonchev–Trinajstić information content (AvgIpc) is 2.89. The molecule has 2 aliphatic rings. The summed E-state index contributed by atoms with van der Waals surface area (Å²) in [4.78, 5) is 28.5. The maximum Gasteiger partial charge on any atom is 0.245 e. The predicted octanol–water partition coefficient (Wildman–Crippen LogP) is 3.53. The van der Waals surface area contributed by atoms with E-state index in [0.29, 0.717) is 55.4 Å². The lowest BCUT2D eigenvalue weighted by Gasteiger charge is -2.35. The zero-order valence-electron chi connectivity index (χ0n) is 21.8. The second-order valence-corrected chi connectivity index (χ2v) is 12.6. The molecule has 4 rings (SSSR count). The first-order valence-corrected chi connectivity index (χ1v) is 15.5. The Labute approximate surface area is 230 Å². The molecular weight excluding hydrogens is 524 g/mol. The van der Waals surface area contributed by atoms with E-state index < -0.39 is 16.1 Å². The van der Waals surface area contributed by atoms with Crippen LogP contribution in [0.15, 0.2) is 48.5 Å². The van der Waals surface area contributed by atoms with Gasteiger partial charge in [0, 0.05) is 31.0 Å². The molecule has 0 radical (unpaired) electrons. The van der Waals surface area contributed by atoms with Crippen LogP contribution in [0.3, 0.4) is 0 Å². The zero-order valence-corrected chi connectivity index (χ0v) is 23.4. The molecule has 1 atom stereocenters. The highest BCUT2D eigenvalue weighted by Gasteiger charge is 2.31. The maximum atomic E-state index is 13.7. The van der Waals surface area contributed by atoms with Crippen molar-refractivity contribution in [2.45, 2.75) is 50.5 Å². The van der Waals surface area contributed by atoms with Crippen LogP contribution < -0.4 is 15.4 Å². The Morgan fingerprint density at radius 2 is 1.68 bits per heavy atom. The van der Waals surface area contributed by atoms with E-state index in [0.717, 1.165) is 43.3 Å². The smallest absolute Gasteiger partial charge is 0.245 e. The van der Waals surface area contributed by atoms with Gasteiger partial charge >= 0.3 is 0 Å². The van der Waals surface area contributed by atoms with Crippen molar-refractivity contribution in [2.75, 3.05) is 37.2 Å². The number of nitrogens with zero attached hydrogens (tertiary/aromatic N) is 1. The van der Waals surface area contributed by atoms with Crippen LogP contribution in [0, 0.1) is 5.92 Å². The van der Waals surface area contributed by atoms with Gasteiger partial charge in [0.1, 0.15) is 6.04 Å². The number of para-hydroxylation sites is 1. The quantitative estimate of drug-likeness (QED) is 0.435. The second-order valence-electron chi connectivity index (χ2n) is 10.4. The number of hydrogen-bond acceptors (Lipinski definition) is 5. The van der Waals surface area contributed by atoms with Crippen molar-refractivity contribution in [2.24, 2.45) is 5.92 Å². The molecule has 0 aromatic heterocycles. The van der Waals surface area contributed by atoms with E-state index in [9.17, 15) is 18.0 Å². The van der Waals surface area contributed by atoms with Crippen molar-refractivity contribution in [3.63, 3.8) is 0 Å². The largest absolute Gasteiger partial charge is 0.344 e. The van der Waals surface area contributed by atoms with Crippen LogP contribution in [-0.4, -0.2) is 63.6 Å². The summed E-state index contributed by atoms with van der Waals surface area (Å²) in [6.45, 7) is 2.92. The van der Waals surface area contributed by atoms with Gasteiger partial charge in [-0.25, -0.2) is 8.42 Å². The van der Waals surface area contributed by atoms with E-state index in [2.05, 4.69) is 15.4 Å². The third-order valence-electron chi connectivity index (χ3n) is 7.42. The van der Waals surface area contributed by atoms with Crippen LogP contribution in [0.25, 0.3) is 0 Å². The van der Waals surface area contributed by atoms with Crippen molar-refractivity contribution in [1.29, 1.82) is 0 Å². The molecule has 2 fully saturated rings. The van der Waals surface area contributed by atoms with Gasteiger partial charge in [-0.1, -0.05) is 41.9 Å². The Balaban J connectivity index is 1.42. The molecule has 2 aliphatic heterocycles. The SMILES string of the molecule is CS(=O)(=O)Nc1ccccc1C1CCN(C(=O)C(Cc2ccc(Cl)cc2)NC(=O)CC2CCNCC2)CC1. The Bertz CT molecular complexity index is 1210. The minimum Gasteiger partial charge on any atom is -0.344 e. The number of benzene rings is 2. The molecule has 0 spiro atoms. The van der Waals surface area contributed by atoms with Crippen LogP contribution >= 0.6 is 11.6 Å². The fraction of sp³-hybridized carbons (Fsp3) is 0.500. The summed E-state index contributed by atoms with van der Waals surface area (Å²) < 4.78 is 26.3. The minimum absolute atomic E-state index is 0.0834. The van der Waals surface area contributed by atoms with Gasteiger partial charge in [0.25, 0.3) is 0 Å². The normalized spacial score (nSPS) is 18.1. The molecule has 8 nitrogen and oxygen atoms in total. The van der Waals surface area contributed by atoms with Gasteiger partial charge in [0.2, 0.25) is 21.8 Å². The number of hydrogen-bond donors (Lipinski definition) is 3. The van der Waals surface area contributed by atoms with Gasteiger partial charge in [0.15, 0.2) is 0 Å². The molecule has 2 aromatic carbocycles. The number of nitrogens with one attached hydrogen (secondary N) is 3. The van der Waals surface area contributed by atoms with Crippen molar-refractivity contribution >= 4 is 39.1 Å². The van der Waals surface area contributed by atoms with Crippen molar-refractivity contribution in [3.8, 4) is 0 Å². The lowest BCUT2D eigenvalue weighted by atomic mass is 9.88. The number of piperidine rings is 2. The fourth-order valence-electron chi connectivity index (χ4n) is 5.43. The second kappa shape index (κ2) is 13.0. The standard InChI is InChI=1S/C28H37ClN4O4S/c1-38(36,37)32-25-5-3-2-4-24(25)22-12-16-33(17-13-22)28(35)26(18-20-6-8-23(29)9-7-20)31-27(34)19-21-10-14-30-15-11-21/h2-9,21-22,26,30,32H,10-19H2,1H3,(H,31,34). The number of carbonyl (C=O) groups excluding carboxylic acids is 2. The molecule has 2 saturated heterocycles. The van der Waals surface area contributed by atoms with E-state index in [4.69, 9.17) is 11.6 Å². The van der Waals surface area contributed by atoms with Gasteiger partial charge in [-0.2, -0.15) is 0 Å². The van der Waals surface area contributed by atoms with E-state index >= 15 is 0 Å². The third-order valence-corrected chi connectivity index (χ3v) is 8.26. The van der Waals surface area contributed by atoms with Crippen LogP contribution in [0.4, 0.5) is 5.69 Å². The van der Waals surface area contributed by atoms with Crippen molar-refractivity contribution in [1.82, 2.24) is 15.5 Å². The summed E-state index contributed by atoms with van der Waals surface area (Å²) in [7, 11) is -3.40. The monoisotopic (exact) mass is 560 g/mol. The Morgan fingerprint density at radius 1 is 1.03 bits per heavy atom. The molecule has 206 valence electrons. The van der Waals surface area contributed by atoms with Crippen LogP contribution in [0.2, 0.25) is 5.02 Å². The predicted molar refractivity (Wildman–Crippen MR) is 151 cm³/mol. The van der Waals surface area contributed by atoms with Crippen LogP contribution in [-0.2, 0) is 26.0 Å². The lowest BCUT2D eigenvalue weighted by molar-refractivity contribution is -0.137. The number of likely N-dealkylation sites (tertiary alicyclic amines) is 1. The number of anilines is 1. The van der Waals surface area contributed by atoms with Gasteiger partial charge in [-0.15, -0.1) is 0 Å². The highest BCUT2D eigenvalue weighted by atomic mass is 35.5. The number of rotatable bonds is 9. The first kappa shape index (κ1) is 28.4. The number of amides is 2. The molecule has 38 heavy (non-hydrogen) atoms. The number of halogens is 1. The molecule has 10 heteroatoms. The molecule has 1 unspecified atom stereocenters. The summed E-state index contributed by atoms with van der Waals surface area (Å²) in [5.41, 5.74) is 2.47. The first-order valence-electron chi connectivity index (χ1n) is 13.3. The molecular formula is C28H37ClN4O4S. The maximum absolute atomic E-state index is 13.7. The number of carbonyl (C=O) groups is 2. The summed E-state index contributed by atoms with van der Waals surface area (Å²) in [6.07, 6.45) is 5.33. The van der Waals surface area contributed by atoms with Gasteiger partial charge in [-0.05, 0) is 79.9 Å². The van der Waals surface area contributed by atoms with Crippen molar-refractivity contribution in [3.05, 3.63) is 64.7 Å². The average molecular weight is 561 g/mol. The topological polar surface area (TPSA) is 108 Å². The van der Waals surface area contributed by atoms with E-state index in [1.165, 1.54) is 0 Å². The fourth-order valence-corrected chi connectivity index (χ4v) is 6.15. The Kier molecular flexibility index (Phi) is 9.68. The molecule has 0 bridgehead atoms. The first-order chi connectivity index (χ1) is 18.2. The summed E-state index contributed by atoms with van der Waals surface area (Å²) in [5, 5.41) is 6.99. The molecule has 2 amide bonds. The van der Waals surface area contributed by atoms with Gasteiger partial charge in [0.05, 0.1) is 11.9 Å². The molecule has 2 aromatic rings. The highest BCUT2D eigenvalue weighted by Crippen LogP contribution is 2.33. The van der Waals surface area contributed by atoms with Gasteiger partial charge < -0.3 is 15.5 Å². The summed E-state index contributed by atoms with van der Waals surface area (Å²) >= 11 is 6.05. The van der Waals surface area contributed by atoms with E-state index in [-0.39, 0.29) is 17.7 Å². The van der Waals surface area contributed by atoms with Crippen LogP contribution in [0.5, 0.6) is 0 Å². The lowest BCUT2D eigenvalue weighted by Crippen LogP contribution is -2.51. The van der Waals surface area contributed by atoms with Gasteiger partial charge in [-0.3, -0.25) is 14.3 Å². The van der Waals surface area contributed by atoms with Crippen molar-refractivity contribution < 1.29 is 18.0 Å².